The van der Waals surface area contributed by atoms with Gasteiger partial charge in [0.2, 0.25) is 5.88 Å². The number of aliphatic hydroxyl groups excluding tert-OH is 1. The van der Waals surface area contributed by atoms with Crippen molar-refractivity contribution in [2.45, 2.75) is 44.8 Å². The molecule has 2 aliphatic carbocycles. The quantitative estimate of drug-likeness (QED) is 0.733. The van der Waals surface area contributed by atoms with Gasteiger partial charge < -0.3 is 19.5 Å². The number of anilines is 1. The maximum Gasteiger partial charge on any atom is 0.268 e. The molecule has 7 nitrogen and oxygen atoms in total. The molecule has 31 heavy (non-hydrogen) atoms. The number of hydrogen-bond donors (Lipinski definition) is 1. The molecule has 8 heteroatoms. The van der Waals surface area contributed by atoms with Gasteiger partial charge in [-0.25, -0.2) is 9.37 Å². The molecule has 1 saturated heterocycles. The lowest BCUT2D eigenvalue weighted by Crippen LogP contribution is -2.32. The van der Waals surface area contributed by atoms with E-state index in [2.05, 4.69) is 4.98 Å². The van der Waals surface area contributed by atoms with Crippen molar-refractivity contribution in [2.24, 2.45) is 5.92 Å². The fourth-order valence-electron chi connectivity index (χ4n) is 4.10. The molecule has 1 amide bonds. The van der Waals surface area contributed by atoms with Crippen LogP contribution >= 0.6 is 0 Å². The summed E-state index contributed by atoms with van der Waals surface area (Å²) in [7, 11) is 0. The van der Waals surface area contributed by atoms with Crippen LogP contribution in [0.15, 0.2) is 24.4 Å². The first-order chi connectivity index (χ1) is 15.0. The normalized spacial score (nSPS) is 20.3. The maximum absolute atomic E-state index is 14.4. The van der Waals surface area contributed by atoms with Gasteiger partial charge in [-0.1, -0.05) is 0 Å². The topological polar surface area (TPSA) is 89.0 Å². The summed E-state index contributed by atoms with van der Waals surface area (Å²) in [5.74, 6) is 0.448. The summed E-state index contributed by atoms with van der Waals surface area (Å²) in [5, 5.41) is 9.64. The predicted octanol–water partition coefficient (Wildman–Crippen LogP) is 2.82. The number of rotatable bonds is 7. The van der Waals surface area contributed by atoms with E-state index in [9.17, 15) is 19.1 Å². The second-order valence-corrected chi connectivity index (χ2v) is 8.31. The molecule has 0 bridgehead atoms. The number of halogens is 1. The summed E-state index contributed by atoms with van der Waals surface area (Å²) in [6.45, 7) is 0.687. The number of nitrogens with zero attached hydrogens (tertiary/aromatic N) is 2. The van der Waals surface area contributed by atoms with E-state index in [4.69, 9.17) is 9.47 Å². The first-order valence-electron chi connectivity index (χ1n) is 10.6. The van der Waals surface area contributed by atoms with Crippen molar-refractivity contribution in [3.05, 3.63) is 46.9 Å². The van der Waals surface area contributed by atoms with Gasteiger partial charge in [-0.15, -0.1) is 0 Å². The number of carbonyl (C=O) groups is 2. The highest BCUT2D eigenvalue weighted by atomic mass is 19.1. The molecule has 1 unspecified atom stereocenters. The van der Waals surface area contributed by atoms with Gasteiger partial charge in [-0.05, 0) is 48.9 Å². The minimum Gasteiger partial charge on any atom is -0.479 e. The Labute approximate surface area is 178 Å². The van der Waals surface area contributed by atoms with Gasteiger partial charge in [0.25, 0.3) is 5.91 Å². The Bertz CT molecular complexity index is 1050. The summed E-state index contributed by atoms with van der Waals surface area (Å²) < 4.78 is 25.9. The highest BCUT2D eigenvalue weighted by Gasteiger charge is 2.36. The average Bonchev–Trinajstić information content (AvgIpc) is 3.43. The lowest BCUT2D eigenvalue weighted by Gasteiger charge is -2.19. The molecule has 1 aliphatic heterocycles. The van der Waals surface area contributed by atoms with Gasteiger partial charge in [0.05, 0.1) is 19.4 Å². The second kappa shape index (κ2) is 7.92. The smallest absolute Gasteiger partial charge is 0.268 e. The third kappa shape index (κ3) is 3.87. The fourth-order valence-corrected chi connectivity index (χ4v) is 4.10. The molecule has 1 saturated carbocycles. The summed E-state index contributed by atoms with van der Waals surface area (Å²) in [5.41, 5.74) is 1.67. The van der Waals surface area contributed by atoms with Crippen LogP contribution in [-0.4, -0.2) is 41.0 Å². The largest absolute Gasteiger partial charge is 0.479 e. The lowest BCUT2D eigenvalue weighted by molar-refractivity contribution is -0.122. The van der Waals surface area contributed by atoms with Crippen molar-refractivity contribution < 1.29 is 28.6 Å². The third-order valence-corrected chi connectivity index (χ3v) is 6.05. The van der Waals surface area contributed by atoms with E-state index >= 15 is 0 Å². The minimum absolute atomic E-state index is 0.0956. The molecule has 2 heterocycles. The van der Waals surface area contributed by atoms with Gasteiger partial charge in [0.1, 0.15) is 11.6 Å². The Morgan fingerprint density at radius 3 is 2.77 bits per heavy atom. The van der Waals surface area contributed by atoms with E-state index in [0.29, 0.717) is 72.3 Å². The number of benzene rings is 1. The Morgan fingerprint density at radius 1 is 1.16 bits per heavy atom. The maximum atomic E-state index is 14.4. The van der Waals surface area contributed by atoms with Crippen molar-refractivity contribution in [3.8, 4) is 11.6 Å². The number of carbonyl (C=O) groups excluding carboxylic acids is 2. The zero-order chi connectivity index (χ0) is 21.5. The molecule has 162 valence electrons. The number of fused-ring (bicyclic) bond motifs is 1. The first-order valence-corrected chi connectivity index (χ1v) is 10.6. The molecule has 1 atom stereocenters. The molecule has 0 radical (unpaired) electrons. The van der Waals surface area contributed by atoms with E-state index in [0.717, 1.165) is 12.8 Å². The molecule has 2 fully saturated rings. The fraction of sp³-hybridized carbons (Fsp3) is 0.435. The Kier molecular flexibility index (Phi) is 5.09. The average molecular weight is 426 g/mol. The number of aromatic nitrogens is 1. The van der Waals surface area contributed by atoms with Crippen molar-refractivity contribution >= 4 is 17.4 Å². The summed E-state index contributed by atoms with van der Waals surface area (Å²) in [6.07, 6.45) is 4.15. The van der Waals surface area contributed by atoms with Gasteiger partial charge in [0, 0.05) is 36.2 Å². The van der Waals surface area contributed by atoms with E-state index < -0.39 is 11.9 Å². The molecular formula is C23H23FN2O5. The predicted molar refractivity (Wildman–Crippen MR) is 109 cm³/mol. The van der Waals surface area contributed by atoms with Crippen molar-refractivity contribution in [1.82, 2.24) is 4.98 Å². The number of aliphatic hydroxyl groups is 1. The van der Waals surface area contributed by atoms with Crippen LogP contribution in [-0.2, 0) is 17.8 Å². The van der Waals surface area contributed by atoms with Crippen LogP contribution < -0.4 is 14.4 Å². The first kappa shape index (κ1) is 19.9. The third-order valence-electron chi connectivity index (χ3n) is 6.05. The molecular weight excluding hydrogens is 403 g/mol. The zero-order valence-corrected chi connectivity index (χ0v) is 17.0. The van der Waals surface area contributed by atoms with Gasteiger partial charge in [0.15, 0.2) is 11.9 Å². The number of ketones is 1. The minimum atomic E-state index is -0.751. The van der Waals surface area contributed by atoms with Gasteiger partial charge >= 0.3 is 0 Å². The van der Waals surface area contributed by atoms with Crippen molar-refractivity contribution in [2.75, 3.05) is 18.1 Å². The van der Waals surface area contributed by atoms with Gasteiger partial charge in [-0.3, -0.25) is 9.59 Å². The molecule has 1 aromatic carbocycles. The van der Waals surface area contributed by atoms with E-state index in [1.165, 1.54) is 17.2 Å². The number of Topliss-reactive ketones (excluding diaryl/α,β-unsaturated/α-hetero) is 1. The highest BCUT2D eigenvalue weighted by molar-refractivity contribution is 6.04. The van der Waals surface area contributed by atoms with Crippen LogP contribution in [0.5, 0.6) is 11.6 Å². The number of hydrogen-bond acceptors (Lipinski definition) is 6. The molecule has 5 rings (SSSR count). The van der Waals surface area contributed by atoms with E-state index in [-0.39, 0.29) is 18.3 Å². The summed E-state index contributed by atoms with van der Waals surface area (Å²) in [6, 6.07) is 4.54. The van der Waals surface area contributed by atoms with Crippen LogP contribution in [0, 0.1) is 11.7 Å². The Balaban J connectivity index is 1.30. The number of amides is 1. The molecule has 2 aromatic rings. The number of pyridine rings is 1. The SMILES string of the molecule is O=C1CCc2c(F)cc(N3CCC(Oc4cnc(OCC5CC5)c(CO)c4)C3=O)cc21. The van der Waals surface area contributed by atoms with Crippen LogP contribution in [0.4, 0.5) is 10.1 Å². The molecule has 0 spiro atoms. The standard InChI is InChI=1S/C23H23FN2O5/c24-19-9-15(8-18-17(19)3-4-20(18)28)26-6-5-21(23(26)29)31-16-7-14(11-27)22(25-10-16)30-12-13-1-2-13/h7-10,13,21,27H,1-6,11-12H2. The summed E-state index contributed by atoms with van der Waals surface area (Å²) in [4.78, 5) is 30.6. The molecule has 3 aliphatic rings. The van der Waals surface area contributed by atoms with E-state index in [1.807, 2.05) is 0 Å². The van der Waals surface area contributed by atoms with Crippen LogP contribution in [0.2, 0.25) is 0 Å². The Hall–Kier alpha value is -3.00. The second-order valence-electron chi connectivity index (χ2n) is 8.31. The molecule has 1 aromatic heterocycles. The van der Waals surface area contributed by atoms with Gasteiger partial charge in [-0.2, -0.15) is 0 Å². The summed E-state index contributed by atoms with van der Waals surface area (Å²) >= 11 is 0. The van der Waals surface area contributed by atoms with E-state index in [1.54, 1.807) is 12.1 Å². The zero-order valence-electron chi connectivity index (χ0n) is 17.0. The Morgan fingerprint density at radius 2 is 2.00 bits per heavy atom. The van der Waals surface area contributed by atoms with Crippen LogP contribution in [0.1, 0.15) is 47.2 Å². The van der Waals surface area contributed by atoms with Crippen molar-refractivity contribution in [1.29, 1.82) is 0 Å². The van der Waals surface area contributed by atoms with Crippen LogP contribution in [0.3, 0.4) is 0 Å². The number of ether oxygens (including phenoxy) is 2. The highest BCUT2D eigenvalue weighted by Crippen LogP contribution is 2.33. The monoisotopic (exact) mass is 426 g/mol. The van der Waals surface area contributed by atoms with Crippen molar-refractivity contribution in [3.63, 3.8) is 0 Å². The van der Waals surface area contributed by atoms with Crippen LogP contribution in [0.25, 0.3) is 0 Å². The molecule has 1 N–H and O–H groups in total. The lowest BCUT2D eigenvalue weighted by atomic mass is 10.1.